The second-order valence-corrected chi connectivity index (χ2v) is 9.51. The topological polar surface area (TPSA) is 90.5 Å². The molecule has 9 nitrogen and oxygen atoms in total. The van der Waals surface area contributed by atoms with Gasteiger partial charge in [-0.3, -0.25) is 4.90 Å². The predicted molar refractivity (Wildman–Crippen MR) is 132 cm³/mol. The van der Waals surface area contributed by atoms with Crippen molar-refractivity contribution in [2.24, 2.45) is 5.92 Å². The lowest BCUT2D eigenvalue weighted by molar-refractivity contribution is 0.0972. The van der Waals surface area contributed by atoms with Gasteiger partial charge in [-0.2, -0.15) is 15.0 Å². The molecule has 4 aliphatic heterocycles. The molecule has 2 aromatic rings. The number of methoxy groups -OCH3 is 1. The predicted octanol–water partition coefficient (Wildman–Crippen LogP) is 3.64. The largest absolute Gasteiger partial charge is 0.495 e. The lowest BCUT2D eigenvalue weighted by Crippen LogP contribution is -2.53. The first kappa shape index (κ1) is 22.4. The van der Waals surface area contributed by atoms with Crippen molar-refractivity contribution < 1.29 is 4.74 Å². The van der Waals surface area contributed by atoms with Crippen molar-refractivity contribution >= 4 is 35.1 Å². The maximum Gasteiger partial charge on any atom is 0.233 e. The lowest BCUT2D eigenvalue weighted by atomic mass is 9.84. The maximum atomic E-state index is 6.32. The molecule has 0 aliphatic carbocycles. The van der Waals surface area contributed by atoms with Gasteiger partial charge in [0.2, 0.25) is 17.8 Å². The fraction of sp³-hybridized carbons (Fsp3) is 0.609. The van der Waals surface area contributed by atoms with Gasteiger partial charge < -0.3 is 25.6 Å². The number of halogens is 1. The summed E-state index contributed by atoms with van der Waals surface area (Å²) in [4.78, 5) is 19.1. The van der Waals surface area contributed by atoms with Crippen LogP contribution in [-0.2, 0) is 0 Å². The van der Waals surface area contributed by atoms with E-state index in [0.717, 1.165) is 31.7 Å². The van der Waals surface area contributed by atoms with Crippen LogP contribution in [0.1, 0.15) is 32.6 Å². The van der Waals surface area contributed by atoms with Crippen LogP contribution in [-0.4, -0.2) is 76.8 Å². The molecule has 0 spiro atoms. The number of ether oxygens (including phenoxy) is 1. The van der Waals surface area contributed by atoms with Crippen LogP contribution in [0.15, 0.2) is 18.2 Å². The Kier molecular flexibility index (Phi) is 6.71. The molecule has 1 aromatic carbocycles. The summed E-state index contributed by atoms with van der Waals surface area (Å²) in [5.41, 5.74) is 0.794. The number of piperidine rings is 3. The van der Waals surface area contributed by atoms with Crippen LogP contribution in [0.4, 0.5) is 23.5 Å². The van der Waals surface area contributed by atoms with Crippen molar-refractivity contribution in [3.63, 3.8) is 0 Å². The zero-order chi connectivity index (χ0) is 22.8. The molecule has 4 saturated heterocycles. The van der Waals surface area contributed by atoms with Gasteiger partial charge in [0.15, 0.2) is 0 Å². The van der Waals surface area contributed by atoms with E-state index in [-0.39, 0.29) is 6.17 Å². The number of benzene rings is 1. The van der Waals surface area contributed by atoms with E-state index in [1.807, 2.05) is 18.2 Å². The SMILES string of the molecule is CCN1CCCC1Nc1nc(Nc2ccc(OC)c(Cl)c2)nc(NC2CN3CCC2CC3)n1. The van der Waals surface area contributed by atoms with Gasteiger partial charge in [0.25, 0.3) is 0 Å². The minimum atomic E-state index is 0.241. The van der Waals surface area contributed by atoms with E-state index in [4.69, 9.17) is 26.3 Å². The molecule has 4 fully saturated rings. The summed E-state index contributed by atoms with van der Waals surface area (Å²) < 4.78 is 5.26. The monoisotopic (exact) mass is 472 g/mol. The number of likely N-dealkylation sites (tertiary alicyclic amines) is 1. The third-order valence-electron chi connectivity index (χ3n) is 7.08. The first-order valence-corrected chi connectivity index (χ1v) is 12.3. The van der Waals surface area contributed by atoms with E-state index in [0.29, 0.717) is 40.6 Å². The highest BCUT2D eigenvalue weighted by molar-refractivity contribution is 6.32. The molecular weight excluding hydrogens is 440 g/mol. The molecule has 2 bridgehead atoms. The van der Waals surface area contributed by atoms with Crippen LogP contribution >= 0.6 is 11.6 Å². The van der Waals surface area contributed by atoms with E-state index >= 15 is 0 Å². The van der Waals surface area contributed by atoms with E-state index in [2.05, 4.69) is 37.7 Å². The van der Waals surface area contributed by atoms with Gasteiger partial charge in [-0.15, -0.1) is 0 Å². The third-order valence-corrected chi connectivity index (χ3v) is 7.37. The van der Waals surface area contributed by atoms with Crippen LogP contribution in [0, 0.1) is 5.92 Å². The molecule has 5 heterocycles. The second kappa shape index (κ2) is 9.87. The smallest absolute Gasteiger partial charge is 0.233 e. The highest BCUT2D eigenvalue weighted by Gasteiger charge is 2.34. The van der Waals surface area contributed by atoms with Crippen molar-refractivity contribution in [1.29, 1.82) is 0 Å². The van der Waals surface area contributed by atoms with E-state index in [9.17, 15) is 0 Å². The summed E-state index contributed by atoms with van der Waals surface area (Å²) >= 11 is 6.32. The minimum absolute atomic E-state index is 0.241. The summed E-state index contributed by atoms with van der Waals surface area (Å²) in [5, 5.41) is 11.0. The summed E-state index contributed by atoms with van der Waals surface area (Å²) in [6.45, 7) is 7.73. The molecule has 3 N–H and O–H groups in total. The Morgan fingerprint density at radius 1 is 1.03 bits per heavy atom. The third kappa shape index (κ3) is 5.10. The number of nitrogens with one attached hydrogen (secondary N) is 3. The fourth-order valence-electron chi connectivity index (χ4n) is 5.25. The summed E-state index contributed by atoms with van der Waals surface area (Å²) in [7, 11) is 1.60. The number of hydrogen-bond donors (Lipinski definition) is 3. The standard InChI is InChI=1S/C23H33ClN8O/c1-3-32-10-4-5-20(32)27-23-29-21(25-16-6-7-19(33-2)17(24)13-16)28-22(30-23)26-18-14-31-11-8-15(18)9-12-31/h6-7,13,15,18,20H,3-5,8-12,14H2,1-2H3,(H3,25,26,27,28,29,30). The molecule has 33 heavy (non-hydrogen) atoms. The van der Waals surface area contributed by atoms with Crippen molar-refractivity contribution in [3.05, 3.63) is 23.2 Å². The molecule has 2 unspecified atom stereocenters. The quantitative estimate of drug-likeness (QED) is 0.532. The van der Waals surface area contributed by atoms with Gasteiger partial charge in [0.05, 0.1) is 18.3 Å². The molecule has 0 amide bonds. The zero-order valence-corrected chi connectivity index (χ0v) is 20.1. The molecule has 178 valence electrons. The number of rotatable bonds is 8. The van der Waals surface area contributed by atoms with Gasteiger partial charge in [0.1, 0.15) is 5.75 Å². The molecule has 0 radical (unpaired) electrons. The van der Waals surface area contributed by atoms with E-state index < -0.39 is 0 Å². The fourth-order valence-corrected chi connectivity index (χ4v) is 5.50. The van der Waals surface area contributed by atoms with Gasteiger partial charge in [-0.25, -0.2) is 0 Å². The summed E-state index contributed by atoms with van der Waals surface area (Å²) in [6.07, 6.45) is 4.97. The van der Waals surface area contributed by atoms with E-state index in [1.165, 1.54) is 32.4 Å². The number of hydrogen-bond acceptors (Lipinski definition) is 9. The van der Waals surface area contributed by atoms with Crippen LogP contribution in [0.2, 0.25) is 5.02 Å². The average molecular weight is 473 g/mol. The molecule has 10 heteroatoms. The van der Waals surface area contributed by atoms with Gasteiger partial charge in [-0.05, 0) is 69.4 Å². The van der Waals surface area contributed by atoms with Crippen LogP contribution in [0.5, 0.6) is 5.75 Å². The average Bonchev–Trinajstić information content (AvgIpc) is 3.27. The van der Waals surface area contributed by atoms with Gasteiger partial charge >= 0.3 is 0 Å². The highest BCUT2D eigenvalue weighted by Crippen LogP contribution is 2.31. The van der Waals surface area contributed by atoms with Crippen molar-refractivity contribution in [2.75, 3.05) is 55.8 Å². The Morgan fingerprint density at radius 2 is 1.79 bits per heavy atom. The normalized spacial score (nSPS) is 26.9. The van der Waals surface area contributed by atoms with Crippen LogP contribution in [0.25, 0.3) is 0 Å². The lowest BCUT2D eigenvalue weighted by Gasteiger charge is -2.44. The minimum Gasteiger partial charge on any atom is -0.495 e. The van der Waals surface area contributed by atoms with Crippen molar-refractivity contribution in [1.82, 2.24) is 24.8 Å². The number of fused-ring (bicyclic) bond motifs is 3. The first-order valence-electron chi connectivity index (χ1n) is 12.0. The molecule has 0 saturated carbocycles. The zero-order valence-electron chi connectivity index (χ0n) is 19.4. The number of nitrogens with zero attached hydrogens (tertiary/aromatic N) is 5. The van der Waals surface area contributed by atoms with Gasteiger partial charge in [0, 0.05) is 24.8 Å². The second-order valence-electron chi connectivity index (χ2n) is 9.10. The molecule has 6 rings (SSSR count). The van der Waals surface area contributed by atoms with E-state index in [1.54, 1.807) is 7.11 Å². The number of anilines is 4. The maximum absolute atomic E-state index is 6.32. The molecular formula is C23H33ClN8O. The Morgan fingerprint density at radius 3 is 2.45 bits per heavy atom. The molecule has 2 atom stereocenters. The Hall–Kier alpha value is -2.36. The Balaban J connectivity index is 1.39. The Bertz CT molecular complexity index is 967. The number of aromatic nitrogens is 3. The first-order chi connectivity index (χ1) is 16.1. The van der Waals surface area contributed by atoms with Crippen molar-refractivity contribution in [3.8, 4) is 5.75 Å². The summed E-state index contributed by atoms with van der Waals surface area (Å²) in [6, 6.07) is 5.91. The highest BCUT2D eigenvalue weighted by atomic mass is 35.5. The van der Waals surface area contributed by atoms with Crippen LogP contribution < -0.4 is 20.7 Å². The van der Waals surface area contributed by atoms with Gasteiger partial charge in [-0.1, -0.05) is 18.5 Å². The van der Waals surface area contributed by atoms with Crippen molar-refractivity contribution in [2.45, 2.75) is 44.8 Å². The van der Waals surface area contributed by atoms with Crippen LogP contribution in [0.3, 0.4) is 0 Å². The Labute approximate surface area is 200 Å². The molecule has 4 aliphatic rings. The summed E-state index contributed by atoms with van der Waals surface area (Å²) in [5.74, 6) is 2.98. The molecule has 1 aromatic heterocycles.